The average molecular weight is 225 g/mol. The van der Waals surface area contributed by atoms with Crippen LogP contribution in [0.25, 0.3) is 0 Å². The number of ether oxygens (including phenoxy) is 1. The van der Waals surface area contributed by atoms with E-state index in [2.05, 4.69) is 39.1 Å². The highest BCUT2D eigenvalue weighted by atomic mass is 16.5. The first-order chi connectivity index (χ1) is 7.54. The monoisotopic (exact) mass is 225 g/mol. The maximum absolute atomic E-state index is 5.72. The number of furan rings is 1. The minimum atomic E-state index is 0.262. The molecule has 92 valence electrons. The maximum Gasteiger partial charge on any atom is 0.130 e. The third-order valence-electron chi connectivity index (χ3n) is 2.84. The van der Waals surface area contributed by atoms with Crippen molar-refractivity contribution in [3.63, 3.8) is 0 Å². The van der Waals surface area contributed by atoms with Gasteiger partial charge in [-0.15, -0.1) is 0 Å². The van der Waals surface area contributed by atoms with Gasteiger partial charge in [-0.05, 0) is 38.4 Å². The summed E-state index contributed by atoms with van der Waals surface area (Å²) in [4.78, 5) is 0. The molecule has 0 saturated heterocycles. The molecule has 0 aliphatic rings. The van der Waals surface area contributed by atoms with Gasteiger partial charge in [0.15, 0.2) is 0 Å². The summed E-state index contributed by atoms with van der Waals surface area (Å²) in [5.74, 6) is 2.45. The Hall–Kier alpha value is -0.800. The van der Waals surface area contributed by atoms with Crippen molar-refractivity contribution in [3.05, 3.63) is 23.2 Å². The summed E-state index contributed by atoms with van der Waals surface area (Å²) in [6.07, 6.45) is 0.262. The SMILES string of the molecule is CNCc1oc(COC(C)C(C)C)cc1C. The van der Waals surface area contributed by atoms with Crippen LogP contribution in [0.5, 0.6) is 0 Å². The maximum atomic E-state index is 5.72. The molecule has 16 heavy (non-hydrogen) atoms. The normalized spacial score (nSPS) is 13.4. The molecule has 1 aromatic heterocycles. The minimum absolute atomic E-state index is 0.262. The summed E-state index contributed by atoms with van der Waals surface area (Å²) in [5.41, 5.74) is 1.19. The molecule has 1 N–H and O–H groups in total. The summed E-state index contributed by atoms with van der Waals surface area (Å²) in [6.45, 7) is 9.80. The Bertz CT molecular complexity index is 318. The predicted octanol–water partition coefficient (Wildman–Crippen LogP) is 2.87. The van der Waals surface area contributed by atoms with Gasteiger partial charge in [-0.25, -0.2) is 0 Å². The summed E-state index contributed by atoms with van der Waals surface area (Å²) in [7, 11) is 1.92. The van der Waals surface area contributed by atoms with Crippen LogP contribution in [0.2, 0.25) is 0 Å². The second-order valence-electron chi connectivity index (χ2n) is 4.61. The third kappa shape index (κ3) is 3.65. The topological polar surface area (TPSA) is 34.4 Å². The van der Waals surface area contributed by atoms with Crippen molar-refractivity contribution in [1.82, 2.24) is 5.32 Å². The first-order valence-electron chi connectivity index (χ1n) is 5.89. The van der Waals surface area contributed by atoms with Crippen molar-refractivity contribution in [2.24, 2.45) is 5.92 Å². The van der Waals surface area contributed by atoms with E-state index in [1.165, 1.54) is 5.56 Å². The number of hydrogen-bond donors (Lipinski definition) is 1. The average Bonchev–Trinajstić information content (AvgIpc) is 2.57. The van der Waals surface area contributed by atoms with Crippen molar-refractivity contribution in [1.29, 1.82) is 0 Å². The molecule has 0 spiro atoms. The van der Waals surface area contributed by atoms with Crippen LogP contribution in [0.4, 0.5) is 0 Å². The third-order valence-corrected chi connectivity index (χ3v) is 2.84. The second-order valence-corrected chi connectivity index (χ2v) is 4.61. The molecule has 0 saturated carbocycles. The highest BCUT2D eigenvalue weighted by molar-refractivity contribution is 5.19. The Kier molecular flexibility index (Phi) is 5.03. The standard InChI is InChI=1S/C13H23NO2/c1-9(2)11(4)15-8-12-6-10(3)13(16-12)7-14-5/h6,9,11,14H,7-8H2,1-5H3. The zero-order valence-corrected chi connectivity index (χ0v) is 11.0. The van der Waals surface area contributed by atoms with Gasteiger partial charge in [-0.1, -0.05) is 13.8 Å². The fourth-order valence-corrected chi connectivity index (χ4v) is 1.40. The summed E-state index contributed by atoms with van der Waals surface area (Å²) < 4.78 is 11.4. The van der Waals surface area contributed by atoms with Crippen LogP contribution in [-0.2, 0) is 17.9 Å². The van der Waals surface area contributed by atoms with E-state index >= 15 is 0 Å². The molecule has 1 rings (SSSR count). The highest BCUT2D eigenvalue weighted by Crippen LogP contribution is 2.17. The van der Waals surface area contributed by atoms with Gasteiger partial charge in [0.2, 0.25) is 0 Å². The Morgan fingerprint density at radius 1 is 1.38 bits per heavy atom. The summed E-state index contributed by atoms with van der Waals surface area (Å²) in [5, 5.41) is 3.09. The molecule has 0 amide bonds. The largest absolute Gasteiger partial charge is 0.462 e. The Morgan fingerprint density at radius 2 is 2.06 bits per heavy atom. The second kappa shape index (κ2) is 6.06. The quantitative estimate of drug-likeness (QED) is 0.808. The van der Waals surface area contributed by atoms with Gasteiger partial charge >= 0.3 is 0 Å². The van der Waals surface area contributed by atoms with Gasteiger partial charge in [0, 0.05) is 0 Å². The zero-order chi connectivity index (χ0) is 12.1. The number of hydrogen-bond acceptors (Lipinski definition) is 3. The van der Waals surface area contributed by atoms with Gasteiger partial charge in [0.25, 0.3) is 0 Å². The van der Waals surface area contributed by atoms with Crippen LogP contribution in [0, 0.1) is 12.8 Å². The molecule has 3 heteroatoms. The summed E-state index contributed by atoms with van der Waals surface area (Å²) >= 11 is 0. The van der Waals surface area contributed by atoms with E-state index < -0.39 is 0 Å². The molecular formula is C13H23NO2. The molecule has 0 radical (unpaired) electrons. The molecular weight excluding hydrogens is 202 g/mol. The minimum Gasteiger partial charge on any atom is -0.462 e. The molecule has 0 aliphatic carbocycles. The van der Waals surface area contributed by atoms with Crippen LogP contribution in [-0.4, -0.2) is 13.2 Å². The Morgan fingerprint density at radius 3 is 2.62 bits per heavy atom. The predicted molar refractivity (Wildman–Crippen MR) is 65.3 cm³/mol. The van der Waals surface area contributed by atoms with E-state index in [0.717, 1.165) is 18.1 Å². The van der Waals surface area contributed by atoms with E-state index in [1.54, 1.807) is 0 Å². The van der Waals surface area contributed by atoms with Crippen LogP contribution in [0.15, 0.2) is 10.5 Å². The van der Waals surface area contributed by atoms with Gasteiger partial charge < -0.3 is 14.5 Å². The van der Waals surface area contributed by atoms with Gasteiger partial charge in [0.1, 0.15) is 18.1 Å². The van der Waals surface area contributed by atoms with Crippen molar-refractivity contribution in [3.8, 4) is 0 Å². The first kappa shape index (κ1) is 13.3. The van der Waals surface area contributed by atoms with Gasteiger partial charge in [-0.3, -0.25) is 0 Å². The number of aryl methyl sites for hydroxylation is 1. The molecule has 0 bridgehead atoms. The smallest absolute Gasteiger partial charge is 0.130 e. The highest BCUT2D eigenvalue weighted by Gasteiger charge is 2.11. The van der Waals surface area contributed by atoms with Gasteiger partial charge in [-0.2, -0.15) is 0 Å². The zero-order valence-electron chi connectivity index (χ0n) is 11.0. The van der Waals surface area contributed by atoms with E-state index in [-0.39, 0.29) is 6.10 Å². The molecule has 1 atom stereocenters. The van der Waals surface area contributed by atoms with Crippen molar-refractivity contribution in [2.45, 2.75) is 47.0 Å². The number of nitrogens with one attached hydrogen (secondary N) is 1. The Labute approximate surface area is 98.2 Å². The first-order valence-corrected chi connectivity index (χ1v) is 5.89. The molecule has 0 aromatic carbocycles. The molecule has 1 heterocycles. The van der Waals surface area contributed by atoms with Crippen LogP contribution >= 0.6 is 0 Å². The van der Waals surface area contributed by atoms with Crippen LogP contribution < -0.4 is 5.32 Å². The summed E-state index contributed by atoms with van der Waals surface area (Å²) in [6, 6.07) is 2.06. The lowest BCUT2D eigenvalue weighted by atomic mass is 10.1. The van der Waals surface area contributed by atoms with E-state index in [9.17, 15) is 0 Å². The van der Waals surface area contributed by atoms with Gasteiger partial charge in [0.05, 0.1) is 12.6 Å². The molecule has 0 fully saturated rings. The lowest BCUT2D eigenvalue weighted by molar-refractivity contribution is 0.0145. The number of rotatable bonds is 6. The fourth-order valence-electron chi connectivity index (χ4n) is 1.40. The molecule has 3 nitrogen and oxygen atoms in total. The molecule has 1 unspecified atom stereocenters. The Balaban J connectivity index is 2.51. The molecule has 0 aliphatic heterocycles. The lowest BCUT2D eigenvalue weighted by Gasteiger charge is -2.15. The van der Waals surface area contributed by atoms with Crippen molar-refractivity contribution < 1.29 is 9.15 Å². The van der Waals surface area contributed by atoms with Crippen LogP contribution in [0.3, 0.4) is 0 Å². The lowest BCUT2D eigenvalue weighted by Crippen LogP contribution is -2.14. The van der Waals surface area contributed by atoms with Crippen LogP contribution in [0.1, 0.15) is 37.9 Å². The van der Waals surface area contributed by atoms with E-state index in [1.807, 2.05) is 7.05 Å². The van der Waals surface area contributed by atoms with Crippen molar-refractivity contribution >= 4 is 0 Å². The molecule has 1 aromatic rings. The van der Waals surface area contributed by atoms with E-state index in [0.29, 0.717) is 12.5 Å². The van der Waals surface area contributed by atoms with E-state index in [4.69, 9.17) is 9.15 Å². The fraction of sp³-hybridized carbons (Fsp3) is 0.692. The van der Waals surface area contributed by atoms with Crippen molar-refractivity contribution in [2.75, 3.05) is 7.05 Å².